The van der Waals surface area contributed by atoms with E-state index in [1.165, 1.54) is 13.2 Å². The molecule has 4 heteroatoms. The van der Waals surface area contributed by atoms with Crippen LogP contribution in [0.3, 0.4) is 0 Å². The zero-order valence-electron chi connectivity index (χ0n) is 7.92. The highest BCUT2D eigenvalue weighted by Gasteiger charge is 2.08. The van der Waals surface area contributed by atoms with Gasteiger partial charge in [-0.2, -0.15) is 0 Å². The number of esters is 1. The first-order valence-corrected chi connectivity index (χ1v) is 4.21. The molecule has 0 aromatic heterocycles. The van der Waals surface area contributed by atoms with Gasteiger partial charge in [0.2, 0.25) is 0 Å². The topological polar surface area (TPSA) is 52.3 Å². The summed E-state index contributed by atoms with van der Waals surface area (Å²) in [6.07, 6.45) is -0.0484. The van der Waals surface area contributed by atoms with Gasteiger partial charge in [-0.25, -0.2) is 4.39 Å². The van der Waals surface area contributed by atoms with Crippen molar-refractivity contribution in [2.45, 2.75) is 13.0 Å². The average molecular weight is 197 g/mol. The van der Waals surface area contributed by atoms with Crippen molar-refractivity contribution in [2.75, 3.05) is 7.11 Å². The van der Waals surface area contributed by atoms with Crippen LogP contribution >= 0.6 is 0 Å². The first kappa shape index (κ1) is 10.7. The molecule has 0 aliphatic heterocycles. The van der Waals surface area contributed by atoms with Gasteiger partial charge in [-0.15, -0.1) is 0 Å². The lowest BCUT2D eigenvalue weighted by molar-refractivity contribution is -0.139. The highest BCUT2D eigenvalue weighted by Crippen LogP contribution is 2.11. The number of rotatable bonds is 3. The van der Waals surface area contributed by atoms with Crippen LogP contribution in [0.15, 0.2) is 18.2 Å². The highest BCUT2D eigenvalue weighted by molar-refractivity contribution is 5.72. The van der Waals surface area contributed by atoms with E-state index in [0.717, 1.165) is 0 Å². The molecular weight excluding hydrogens is 185 g/mol. The third-order valence-electron chi connectivity index (χ3n) is 1.92. The summed E-state index contributed by atoms with van der Waals surface area (Å²) >= 11 is 0. The van der Waals surface area contributed by atoms with Crippen molar-refractivity contribution in [2.24, 2.45) is 5.73 Å². The lowest BCUT2D eigenvalue weighted by Gasteiger charge is -2.03. The Bertz CT molecular complexity index is 339. The fourth-order valence-corrected chi connectivity index (χ4v) is 1.09. The van der Waals surface area contributed by atoms with Gasteiger partial charge in [-0.05, 0) is 17.2 Å². The molecule has 0 aliphatic rings. The van der Waals surface area contributed by atoms with Gasteiger partial charge in [0, 0.05) is 6.54 Å². The predicted octanol–water partition coefficient (Wildman–Crippen LogP) is 1.000. The SMILES string of the molecule is COC(=O)Cc1ccc(CN)cc1F. The number of hydrogen-bond acceptors (Lipinski definition) is 3. The Morgan fingerprint density at radius 1 is 1.57 bits per heavy atom. The summed E-state index contributed by atoms with van der Waals surface area (Å²) in [6.45, 7) is 0.287. The summed E-state index contributed by atoms with van der Waals surface area (Å²) in [5.74, 6) is -0.872. The number of carbonyl (C=O) groups excluding carboxylic acids is 1. The lowest BCUT2D eigenvalue weighted by atomic mass is 10.1. The van der Waals surface area contributed by atoms with Gasteiger partial charge in [0.05, 0.1) is 13.5 Å². The molecule has 0 unspecified atom stereocenters. The van der Waals surface area contributed by atoms with Crippen molar-refractivity contribution in [3.8, 4) is 0 Å². The van der Waals surface area contributed by atoms with Gasteiger partial charge < -0.3 is 10.5 Å². The third kappa shape index (κ3) is 2.53. The van der Waals surface area contributed by atoms with Crippen LogP contribution in [0.4, 0.5) is 4.39 Å². The standard InChI is InChI=1S/C10H12FNO2/c1-14-10(13)5-8-3-2-7(6-12)4-9(8)11/h2-4H,5-6,12H2,1H3. The molecule has 1 aromatic carbocycles. The smallest absolute Gasteiger partial charge is 0.310 e. The van der Waals surface area contributed by atoms with Gasteiger partial charge in [0.1, 0.15) is 5.82 Å². The van der Waals surface area contributed by atoms with E-state index in [-0.39, 0.29) is 13.0 Å². The Morgan fingerprint density at radius 2 is 2.29 bits per heavy atom. The van der Waals surface area contributed by atoms with Crippen molar-refractivity contribution in [1.29, 1.82) is 0 Å². The molecule has 14 heavy (non-hydrogen) atoms. The van der Waals surface area contributed by atoms with Gasteiger partial charge in [0.15, 0.2) is 0 Å². The highest BCUT2D eigenvalue weighted by atomic mass is 19.1. The first-order valence-electron chi connectivity index (χ1n) is 4.21. The molecule has 3 nitrogen and oxygen atoms in total. The molecule has 1 rings (SSSR count). The second-order valence-corrected chi connectivity index (χ2v) is 2.88. The van der Waals surface area contributed by atoms with Crippen molar-refractivity contribution >= 4 is 5.97 Å². The maximum Gasteiger partial charge on any atom is 0.310 e. The van der Waals surface area contributed by atoms with E-state index in [1.807, 2.05) is 0 Å². The molecule has 0 radical (unpaired) electrons. The summed E-state index contributed by atoms with van der Waals surface area (Å²) < 4.78 is 17.7. The van der Waals surface area contributed by atoms with E-state index in [1.54, 1.807) is 12.1 Å². The van der Waals surface area contributed by atoms with E-state index in [0.29, 0.717) is 11.1 Å². The monoisotopic (exact) mass is 197 g/mol. The maximum atomic E-state index is 13.3. The van der Waals surface area contributed by atoms with Crippen LogP contribution in [0.5, 0.6) is 0 Å². The Labute approximate surface area is 81.7 Å². The summed E-state index contributed by atoms with van der Waals surface area (Å²) in [4.78, 5) is 10.9. The number of methoxy groups -OCH3 is 1. The van der Waals surface area contributed by atoms with Gasteiger partial charge in [-0.1, -0.05) is 12.1 Å². The van der Waals surface area contributed by atoms with Gasteiger partial charge in [0.25, 0.3) is 0 Å². The van der Waals surface area contributed by atoms with Crippen molar-refractivity contribution in [1.82, 2.24) is 0 Å². The minimum Gasteiger partial charge on any atom is -0.469 e. The normalized spacial score (nSPS) is 9.93. The quantitative estimate of drug-likeness (QED) is 0.735. The first-order chi connectivity index (χ1) is 6.67. The summed E-state index contributed by atoms with van der Waals surface area (Å²) in [7, 11) is 1.27. The van der Waals surface area contributed by atoms with E-state index in [4.69, 9.17) is 5.73 Å². The van der Waals surface area contributed by atoms with Crippen LogP contribution in [-0.2, 0) is 22.5 Å². The van der Waals surface area contributed by atoms with E-state index in [9.17, 15) is 9.18 Å². The molecular formula is C10H12FNO2. The zero-order valence-corrected chi connectivity index (χ0v) is 7.92. The molecule has 0 saturated heterocycles. The molecule has 0 bridgehead atoms. The molecule has 0 atom stereocenters. The third-order valence-corrected chi connectivity index (χ3v) is 1.92. The Balaban J connectivity index is 2.83. The van der Waals surface area contributed by atoms with Crippen LogP contribution in [0.1, 0.15) is 11.1 Å². The van der Waals surface area contributed by atoms with Gasteiger partial charge >= 0.3 is 5.97 Å². The average Bonchev–Trinajstić information content (AvgIpc) is 2.20. The number of benzene rings is 1. The summed E-state index contributed by atoms with van der Waals surface area (Å²) in [5, 5.41) is 0. The Morgan fingerprint density at radius 3 is 2.79 bits per heavy atom. The number of carbonyl (C=O) groups is 1. The molecule has 76 valence electrons. The number of halogens is 1. The predicted molar refractivity (Wildman–Crippen MR) is 50.0 cm³/mol. The molecule has 0 fully saturated rings. The lowest BCUT2D eigenvalue weighted by Crippen LogP contribution is -2.07. The molecule has 0 saturated carbocycles. The molecule has 0 amide bonds. The maximum absolute atomic E-state index is 13.3. The Hall–Kier alpha value is -1.42. The molecule has 0 aliphatic carbocycles. The summed E-state index contributed by atoms with van der Waals surface area (Å²) in [6, 6.07) is 4.58. The van der Waals surface area contributed by atoms with Crippen molar-refractivity contribution in [3.05, 3.63) is 35.1 Å². The minimum absolute atomic E-state index is 0.0484. The van der Waals surface area contributed by atoms with Gasteiger partial charge in [-0.3, -0.25) is 4.79 Å². The fraction of sp³-hybridized carbons (Fsp3) is 0.300. The van der Waals surface area contributed by atoms with E-state index >= 15 is 0 Å². The van der Waals surface area contributed by atoms with E-state index < -0.39 is 11.8 Å². The van der Waals surface area contributed by atoms with Crippen molar-refractivity contribution in [3.63, 3.8) is 0 Å². The van der Waals surface area contributed by atoms with Crippen LogP contribution in [-0.4, -0.2) is 13.1 Å². The second-order valence-electron chi connectivity index (χ2n) is 2.88. The molecule has 1 aromatic rings. The Kier molecular flexibility index (Phi) is 3.59. The van der Waals surface area contributed by atoms with Crippen LogP contribution in [0, 0.1) is 5.82 Å². The number of ether oxygens (including phenoxy) is 1. The second kappa shape index (κ2) is 4.72. The summed E-state index contributed by atoms with van der Waals surface area (Å²) in [5.41, 5.74) is 6.37. The fourth-order valence-electron chi connectivity index (χ4n) is 1.09. The van der Waals surface area contributed by atoms with Crippen LogP contribution in [0.25, 0.3) is 0 Å². The molecule has 0 spiro atoms. The zero-order chi connectivity index (χ0) is 10.6. The van der Waals surface area contributed by atoms with Crippen molar-refractivity contribution < 1.29 is 13.9 Å². The van der Waals surface area contributed by atoms with Crippen LogP contribution < -0.4 is 5.73 Å². The minimum atomic E-state index is -0.454. The molecule has 2 N–H and O–H groups in total. The van der Waals surface area contributed by atoms with Crippen LogP contribution in [0.2, 0.25) is 0 Å². The number of nitrogens with two attached hydrogens (primary N) is 1. The van der Waals surface area contributed by atoms with E-state index in [2.05, 4.69) is 4.74 Å². The molecule has 0 heterocycles. The largest absolute Gasteiger partial charge is 0.469 e. The number of hydrogen-bond donors (Lipinski definition) is 1.